The van der Waals surface area contributed by atoms with Crippen LogP contribution in [0.25, 0.3) is 0 Å². The van der Waals surface area contributed by atoms with Crippen LogP contribution in [0.3, 0.4) is 0 Å². The monoisotopic (exact) mass is 180 g/mol. The van der Waals surface area contributed by atoms with E-state index in [-0.39, 0.29) is 11.5 Å². The Morgan fingerprint density at radius 3 is 2.77 bits per heavy atom. The zero-order chi connectivity index (χ0) is 10.1. The van der Waals surface area contributed by atoms with Crippen LogP contribution in [0.5, 0.6) is 0 Å². The van der Waals surface area contributed by atoms with E-state index in [1.165, 1.54) is 5.57 Å². The smallest absolute Gasteiger partial charge is 0.0721 e. The van der Waals surface area contributed by atoms with Gasteiger partial charge in [0, 0.05) is 0 Å². The standard InChI is InChI=1S/C12H20O/c1-5-11(13)8-10-7-6-9(2)12(10,3)4/h5-6,10-11,13H,1,7-8H2,2-4H3. The fourth-order valence-electron chi connectivity index (χ4n) is 1.98. The molecule has 1 aliphatic rings. The molecule has 0 saturated carbocycles. The van der Waals surface area contributed by atoms with Gasteiger partial charge in [0.25, 0.3) is 0 Å². The second-order valence-corrected chi connectivity index (χ2v) is 4.58. The number of rotatable bonds is 3. The molecule has 2 unspecified atom stereocenters. The molecule has 0 amide bonds. The van der Waals surface area contributed by atoms with Gasteiger partial charge in [0.2, 0.25) is 0 Å². The van der Waals surface area contributed by atoms with Crippen molar-refractivity contribution in [2.75, 3.05) is 0 Å². The molecule has 2 atom stereocenters. The lowest BCUT2D eigenvalue weighted by Crippen LogP contribution is -2.24. The van der Waals surface area contributed by atoms with Crippen LogP contribution in [0.4, 0.5) is 0 Å². The molecular weight excluding hydrogens is 160 g/mol. The first kappa shape index (κ1) is 10.5. The van der Waals surface area contributed by atoms with E-state index in [0.717, 1.165) is 12.8 Å². The summed E-state index contributed by atoms with van der Waals surface area (Å²) < 4.78 is 0. The third kappa shape index (κ3) is 2.02. The summed E-state index contributed by atoms with van der Waals surface area (Å²) in [6.07, 6.45) is 5.52. The molecule has 0 radical (unpaired) electrons. The van der Waals surface area contributed by atoms with E-state index < -0.39 is 0 Å². The molecule has 0 aromatic rings. The van der Waals surface area contributed by atoms with Crippen LogP contribution in [0.15, 0.2) is 24.3 Å². The van der Waals surface area contributed by atoms with Gasteiger partial charge in [-0.15, -0.1) is 6.58 Å². The second-order valence-electron chi connectivity index (χ2n) is 4.58. The Morgan fingerprint density at radius 1 is 1.77 bits per heavy atom. The van der Waals surface area contributed by atoms with Crippen molar-refractivity contribution in [2.24, 2.45) is 11.3 Å². The summed E-state index contributed by atoms with van der Waals surface area (Å²) in [5, 5.41) is 9.50. The summed E-state index contributed by atoms with van der Waals surface area (Å²) in [4.78, 5) is 0. The highest BCUT2D eigenvalue weighted by Crippen LogP contribution is 2.45. The van der Waals surface area contributed by atoms with Gasteiger partial charge in [-0.25, -0.2) is 0 Å². The third-order valence-electron chi connectivity index (χ3n) is 3.54. The first-order chi connectivity index (χ1) is 5.98. The minimum absolute atomic E-state index is 0.254. The zero-order valence-corrected chi connectivity index (χ0v) is 8.88. The highest BCUT2D eigenvalue weighted by molar-refractivity contribution is 5.18. The van der Waals surface area contributed by atoms with E-state index in [1.54, 1.807) is 6.08 Å². The van der Waals surface area contributed by atoms with Crippen LogP contribution in [-0.4, -0.2) is 11.2 Å². The van der Waals surface area contributed by atoms with E-state index >= 15 is 0 Å². The van der Waals surface area contributed by atoms with Crippen LogP contribution < -0.4 is 0 Å². The van der Waals surface area contributed by atoms with Crippen LogP contribution in [0.2, 0.25) is 0 Å². The molecule has 1 heteroatoms. The number of hydrogen-bond donors (Lipinski definition) is 1. The molecule has 0 saturated heterocycles. The molecule has 0 aromatic heterocycles. The Bertz CT molecular complexity index is 225. The maximum absolute atomic E-state index is 9.50. The lowest BCUT2D eigenvalue weighted by atomic mass is 9.75. The van der Waals surface area contributed by atoms with Gasteiger partial charge in [0.15, 0.2) is 0 Å². The van der Waals surface area contributed by atoms with Crippen LogP contribution in [-0.2, 0) is 0 Å². The van der Waals surface area contributed by atoms with Crippen molar-refractivity contribution in [3.05, 3.63) is 24.3 Å². The van der Waals surface area contributed by atoms with E-state index in [9.17, 15) is 5.11 Å². The molecule has 1 rings (SSSR count). The molecule has 13 heavy (non-hydrogen) atoms. The van der Waals surface area contributed by atoms with Gasteiger partial charge < -0.3 is 5.11 Å². The number of allylic oxidation sites excluding steroid dienone is 2. The molecule has 0 aliphatic heterocycles. The Balaban J connectivity index is 2.61. The van der Waals surface area contributed by atoms with Gasteiger partial charge in [-0.3, -0.25) is 0 Å². The van der Waals surface area contributed by atoms with Crippen molar-refractivity contribution >= 4 is 0 Å². The second kappa shape index (κ2) is 3.67. The molecule has 0 heterocycles. The summed E-state index contributed by atoms with van der Waals surface area (Å²) in [5.41, 5.74) is 1.71. The van der Waals surface area contributed by atoms with E-state index in [0.29, 0.717) is 5.92 Å². The fraction of sp³-hybridized carbons (Fsp3) is 0.667. The molecule has 74 valence electrons. The van der Waals surface area contributed by atoms with E-state index in [2.05, 4.69) is 33.4 Å². The summed E-state index contributed by atoms with van der Waals surface area (Å²) in [6.45, 7) is 10.3. The average molecular weight is 180 g/mol. The molecular formula is C12H20O. The molecule has 0 aromatic carbocycles. The lowest BCUT2D eigenvalue weighted by molar-refractivity contribution is 0.151. The Morgan fingerprint density at radius 2 is 2.38 bits per heavy atom. The Kier molecular flexibility index (Phi) is 2.97. The summed E-state index contributed by atoms with van der Waals surface area (Å²) in [7, 11) is 0. The Labute approximate surface area is 81.2 Å². The average Bonchev–Trinajstić information content (AvgIpc) is 2.31. The predicted octanol–water partition coefficient (Wildman–Crippen LogP) is 2.92. The van der Waals surface area contributed by atoms with Crippen molar-refractivity contribution in [3.8, 4) is 0 Å². The SMILES string of the molecule is C=CC(O)CC1CC=C(C)C1(C)C. The maximum Gasteiger partial charge on any atom is 0.0721 e. The zero-order valence-electron chi connectivity index (χ0n) is 8.88. The molecule has 1 nitrogen and oxygen atoms in total. The normalized spacial score (nSPS) is 28.3. The minimum Gasteiger partial charge on any atom is -0.389 e. The summed E-state index contributed by atoms with van der Waals surface area (Å²) >= 11 is 0. The predicted molar refractivity (Wildman–Crippen MR) is 56.5 cm³/mol. The van der Waals surface area contributed by atoms with E-state index in [4.69, 9.17) is 0 Å². The summed E-state index contributed by atoms with van der Waals surface area (Å²) in [6, 6.07) is 0. The largest absolute Gasteiger partial charge is 0.389 e. The number of hydrogen-bond acceptors (Lipinski definition) is 1. The molecule has 1 aliphatic carbocycles. The van der Waals surface area contributed by atoms with Crippen molar-refractivity contribution in [1.82, 2.24) is 0 Å². The van der Waals surface area contributed by atoms with Gasteiger partial charge >= 0.3 is 0 Å². The van der Waals surface area contributed by atoms with Gasteiger partial charge in [0.05, 0.1) is 6.10 Å². The molecule has 1 N–H and O–H groups in total. The van der Waals surface area contributed by atoms with Crippen LogP contribution >= 0.6 is 0 Å². The number of aliphatic hydroxyl groups excluding tert-OH is 1. The van der Waals surface area contributed by atoms with Gasteiger partial charge in [-0.2, -0.15) is 0 Å². The van der Waals surface area contributed by atoms with E-state index in [1.807, 2.05) is 0 Å². The topological polar surface area (TPSA) is 20.2 Å². The first-order valence-corrected chi connectivity index (χ1v) is 4.96. The molecule has 0 spiro atoms. The Hall–Kier alpha value is -0.560. The van der Waals surface area contributed by atoms with Gasteiger partial charge in [-0.05, 0) is 31.1 Å². The van der Waals surface area contributed by atoms with Crippen LogP contribution in [0, 0.1) is 11.3 Å². The lowest BCUT2D eigenvalue weighted by Gasteiger charge is -2.30. The first-order valence-electron chi connectivity index (χ1n) is 4.96. The van der Waals surface area contributed by atoms with Crippen molar-refractivity contribution < 1.29 is 5.11 Å². The van der Waals surface area contributed by atoms with Crippen molar-refractivity contribution in [1.29, 1.82) is 0 Å². The van der Waals surface area contributed by atoms with Crippen LogP contribution in [0.1, 0.15) is 33.6 Å². The highest BCUT2D eigenvalue weighted by Gasteiger charge is 2.35. The molecule has 0 fully saturated rings. The van der Waals surface area contributed by atoms with Crippen molar-refractivity contribution in [3.63, 3.8) is 0 Å². The quantitative estimate of drug-likeness (QED) is 0.662. The fourth-order valence-corrected chi connectivity index (χ4v) is 1.98. The highest BCUT2D eigenvalue weighted by atomic mass is 16.3. The maximum atomic E-state index is 9.50. The minimum atomic E-state index is -0.344. The van der Waals surface area contributed by atoms with Gasteiger partial charge in [-0.1, -0.05) is 31.6 Å². The number of aliphatic hydroxyl groups is 1. The molecule has 0 bridgehead atoms. The summed E-state index contributed by atoms with van der Waals surface area (Å²) in [5.74, 6) is 0.570. The third-order valence-corrected chi connectivity index (χ3v) is 3.54. The van der Waals surface area contributed by atoms with Gasteiger partial charge in [0.1, 0.15) is 0 Å². The van der Waals surface area contributed by atoms with Crippen molar-refractivity contribution in [2.45, 2.75) is 39.7 Å².